The van der Waals surface area contributed by atoms with Crippen molar-refractivity contribution in [3.05, 3.63) is 42.2 Å². The largest absolute Gasteiger partial charge is 0.379 e. The highest BCUT2D eigenvalue weighted by molar-refractivity contribution is 5.84. The summed E-state index contributed by atoms with van der Waals surface area (Å²) < 4.78 is 5.35. The second-order valence-electron chi connectivity index (χ2n) is 5.91. The summed E-state index contributed by atoms with van der Waals surface area (Å²) in [5.74, 6) is 0.478. The molecule has 0 unspecified atom stereocenters. The van der Waals surface area contributed by atoms with Crippen molar-refractivity contribution in [1.29, 1.82) is 0 Å². The molecular weight excluding hydrogens is 302 g/mol. The molecule has 2 aromatic rings. The highest BCUT2D eigenvalue weighted by Crippen LogP contribution is 2.16. The van der Waals surface area contributed by atoms with E-state index in [9.17, 15) is 0 Å². The molecule has 2 heterocycles. The number of nitrogens with two attached hydrogens (primary N) is 1. The fraction of sp³-hybridized carbons (Fsp3) is 0.444. The molecule has 1 aliphatic heterocycles. The molecule has 24 heavy (non-hydrogen) atoms. The van der Waals surface area contributed by atoms with Crippen LogP contribution in [0.25, 0.3) is 10.8 Å². The lowest BCUT2D eigenvalue weighted by Gasteiger charge is -2.26. The first-order valence-electron chi connectivity index (χ1n) is 8.49. The van der Waals surface area contributed by atoms with Crippen LogP contribution >= 0.6 is 0 Å². The molecule has 128 valence electrons. The SMILES string of the molecule is NC(=NCc1nccc2ccccc12)NCCCN1CCOCC1. The fourth-order valence-corrected chi connectivity index (χ4v) is 2.87. The molecule has 1 aliphatic rings. The van der Waals surface area contributed by atoms with Gasteiger partial charge in [-0.15, -0.1) is 0 Å². The van der Waals surface area contributed by atoms with Crippen LogP contribution in [-0.4, -0.2) is 55.2 Å². The molecule has 0 aliphatic carbocycles. The van der Waals surface area contributed by atoms with Crippen molar-refractivity contribution in [3.63, 3.8) is 0 Å². The number of fused-ring (bicyclic) bond motifs is 1. The number of aliphatic imine (C=N–C) groups is 1. The third-order valence-corrected chi connectivity index (χ3v) is 4.22. The van der Waals surface area contributed by atoms with Crippen LogP contribution in [0.3, 0.4) is 0 Å². The Hall–Kier alpha value is -2.18. The molecular formula is C18H25N5O. The van der Waals surface area contributed by atoms with E-state index in [4.69, 9.17) is 10.5 Å². The Labute approximate surface area is 142 Å². The van der Waals surface area contributed by atoms with E-state index in [1.165, 1.54) is 5.39 Å². The fourth-order valence-electron chi connectivity index (χ4n) is 2.87. The highest BCUT2D eigenvalue weighted by Gasteiger charge is 2.09. The summed E-state index contributed by atoms with van der Waals surface area (Å²) >= 11 is 0. The third-order valence-electron chi connectivity index (χ3n) is 4.22. The maximum Gasteiger partial charge on any atom is 0.188 e. The van der Waals surface area contributed by atoms with Gasteiger partial charge < -0.3 is 15.8 Å². The van der Waals surface area contributed by atoms with E-state index in [2.05, 4.69) is 32.3 Å². The van der Waals surface area contributed by atoms with E-state index in [0.29, 0.717) is 12.5 Å². The van der Waals surface area contributed by atoms with E-state index in [1.54, 1.807) is 0 Å². The van der Waals surface area contributed by atoms with Crippen LogP contribution in [0.4, 0.5) is 0 Å². The van der Waals surface area contributed by atoms with Gasteiger partial charge in [0.15, 0.2) is 5.96 Å². The summed E-state index contributed by atoms with van der Waals surface area (Å²) in [6.45, 7) is 6.12. The third kappa shape index (κ3) is 4.66. The van der Waals surface area contributed by atoms with Crippen molar-refractivity contribution in [1.82, 2.24) is 15.2 Å². The minimum absolute atomic E-state index is 0.478. The highest BCUT2D eigenvalue weighted by atomic mass is 16.5. The molecule has 0 spiro atoms. The summed E-state index contributed by atoms with van der Waals surface area (Å²) in [6.07, 6.45) is 2.86. The van der Waals surface area contributed by atoms with Gasteiger partial charge in [0.25, 0.3) is 0 Å². The van der Waals surface area contributed by atoms with E-state index < -0.39 is 0 Å². The van der Waals surface area contributed by atoms with Crippen LogP contribution < -0.4 is 11.1 Å². The number of nitrogens with one attached hydrogen (secondary N) is 1. The van der Waals surface area contributed by atoms with Crippen LogP contribution in [0.2, 0.25) is 0 Å². The molecule has 0 bridgehead atoms. The van der Waals surface area contributed by atoms with Gasteiger partial charge in [-0.05, 0) is 24.4 Å². The van der Waals surface area contributed by atoms with Crippen molar-refractivity contribution in [2.24, 2.45) is 10.7 Å². The van der Waals surface area contributed by atoms with Gasteiger partial charge in [-0.3, -0.25) is 9.88 Å². The van der Waals surface area contributed by atoms with Gasteiger partial charge in [0.05, 0.1) is 25.5 Å². The Morgan fingerprint density at radius 2 is 2.08 bits per heavy atom. The molecule has 1 aromatic carbocycles. The molecule has 6 nitrogen and oxygen atoms in total. The first kappa shape index (κ1) is 16.7. The van der Waals surface area contributed by atoms with Gasteiger partial charge in [0.1, 0.15) is 0 Å². The van der Waals surface area contributed by atoms with Crippen LogP contribution in [-0.2, 0) is 11.3 Å². The van der Waals surface area contributed by atoms with Crippen LogP contribution in [0.5, 0.6) is 0 Å². The van der Waals surface area contributed by atoms with Crippen molar-refractivity contribution in [3.8, 4) is 0 Å². The maximum atomic E-state index is 5.96. The zero-order valence-corrected chi connectivity index (χ0v) is 13.9. The molecule has 6 heteroatoms. The van der Waals surface area contributed by atoms with Gasteiger partial charge in [-0.25, -0.2) is 4.99 Å². The number of rotatable bonds is 6. The second kappa shape index (κ2) is 8.61. The Bertz CT molecular complexity index is 677. The molecule has 1 aromatic heterocycles. The van der Waals surface area contributed by atoms with Gasteiger partial charge in [0.2, 0.25) is 0 Å². The van der Waals surface area contributed by atoms with Crippen LogP contribution in [0.15, 0.2) is 41.5 Å². The number of pyridine rings is 1. The lowest BCUT2D eigenvalue weighted by molar-refractivity contribution is 0.0376. The molecule has 0 atom stereocenters. The quantitative estimate of drug-likeness (QED) is 0.476. The molecule has 1 saturated heterocycles. The standard InChI is InChI=1S/C18H25N5O/c19-18(21-7-3-9-23-10-12-24-13-11-23)22-14-17-16-5-2-1-4-15(16)6-8-20-17/h1-2,4-6,8H,3,7,9-14H2,(H3,19,21,22). The summed E-state index contributed by atoms with van der Waals surface area (Å²) in [5.41, 5.74) is 6.91. The number of benzene rings is 1. The number of nitrogens with zero attached hydrogens (tertiary/aromatic N) is 3. The van der Waals surface area contributed by atoms with E-state index in [0.717, 1.165) is 56.9 Å². The van der Waals surface area contributed by atoms with Crippen molar-refractivity contribution in [2.75, 3.05) is 39.4 Å². The minimum atomic E-state index is 0.478. The summed E-state index contributed by atoms with van der Waals surface area (Å²) in [5, 5.41) is 5.49. The number of ether oxygens (including phenoxy) is 1. The summed E-state index contributed by atoms with van der Waals surface area (Å²) in [6, 6.07) is 10.2. The van der Waals surface area contributed by atoms with Crippen molar-refractivity contribution < 1.29 is 4.74 Å². The molecule has 0 radical (unpaired) electrons. The zero-order chi connectivity index (χ0) is 16.6. The molecule has 1 fully saturated rings. The first-order valence-corrected chi connectivity index (χ1v) is 8.49. The average Bonchev–Trinajstić information content (AvgIpc) is 2.64. The number of aromatic nitrogens is 1. The first-order chi connectivity index (χ1) is 11.8. The Balaban J connectivity index is 1.45. The Morgan fingerprint density at radius 3 is 2.96 bits per heavy atom. The molecule has 0 saturated carbocycles. The lowest BCUT2D eigenvalue weighted by atomic mass is 10.1. The maximum absolute atomic E-state index is 5.96. The number of hydrogen-bond acceptors (Lipinski definition) is 4. The average molecular weight is 327 g/mol. The minimum Gasteiger partial charge on any atom is -0.379 e. The van der Waals surface area contributed by atoms with Crippen molar-refractivity contribution >= 4 is 16.7 Å². The van der Waals surface area contributed by atoms with E-state index in [-0.39, 0.29) is 0 Å². The molecule has 3 N–H and O–H groups in total. The van der Waals surface area contributed by atoms with Gasteiger partial charge >= 0.3 is 0 Å². The van der Waals surface area contributed by atoms with Gasteiger partial charge in [-0.2, -0.15) is 0 Å². The summed E-state index contributed by atoms with van der Waals surface area (Å²) in [4.78, 5) is 11.3. The predicted octanol–water partition coefficient (Wildman–Crippen LogP) is 1.36. The smallest absolute Gasteiger partial charge is 0.188 e. The zero-order valence-electron chi connectivity index (χ0n) is 13.9. The van der Waals surface area contributed by atoms with Crippen LogP contribution in [0.1, 0.15) is 12.1 Å². The lowest BCUT2D eigenvalue weighted by Crippen LogP contribution is -2.39. The van der Waals surface area contributed by atoms with E-state index in [1.807, 2.05) is 24.4 Å². The van der Waals surface area contributed by atoms with Crippen LogP contribution in [0, 0.1) is 0 Å². The number of morpholine rings is 1. The van der Waals surface area contributed by atoms with Crippen molar-refractivity contribution in [2.45, 2.75) is 13.0 Å². The topological polar surface area (TPSA) is 75.8 Å². The number of guanidine groups is 1. The Kier molecular flexibility index (Phi) is 5.98. The van der Waals surface area contributed by atoms with Gasteiger partial charge in [-0.1, -0.05) is 24.3 Å². The Morgan fingerprint density at radius 1 is 1.25 bits per heavy atom. The molecule has 0 amide bonds. The molecule has 3 rings (SSSR count). The normalized spacial score (nSPS) is 16.4. The predicted molar refractivity (Wildman–Crippen MR) is 96.9 cm³/mol. The summed E-state index contributed by atoms with van der Waals surface area (Å²) in [7, 11) is 0. The number of hydrogen-bond donors (Lipinski definition) is 2. The van der Waals surface area contributed by atoms with E-state index >= 15 is 0 Å². The second-order valence-corrected chi connectivity index (χ2v) is 5.91. The monoisotopic (exact) mass is 327 g/mol. The van der Waals surface area contributed by atoms with Gasteiger partial charge in [0, 0.05) is 31.2 Å².